The second kappa shape index (κ2) is 8.03. The van der Waals surface area contributed by atoms with Crippen LogP contribution in [0.1, 0.15) is 56.0 Å². The van der Waals surface area contributed by atoms with Crippen LogP contribution in [0.5, 0.6) is 5.75 Å². The van der Waals surface area contributed by atoms with E-state index in [2.05, 4.69) is 42.0 Å². The zero-order valence-electron chi connectivity index (χ0n) is 17.3. The largest absolute Gasteiger partial charge is 0.496 e. The molecule has 3 rings (SSSR count). The van der Waals surface area contributed by atoms with E-state index in [0.29, 0.717) is 11.5 Å². The zero-order chi connectivity index (χ0) is 21.2. The lowest BCUT2D eigenvalue weighted by Crippen LogP contribution is -2.11. The number of carbonyl (C=O) groups is 1. The summed E-state index contributed by atoms with van der Waals surface area (Å²) in [7, 11) is 1.63. The van der Waals surface area contributed by atoms with Gasteiger partial charge in [0.15, 0.2) is 0 Å². The van der Waals surface area contributed by atoms with Gasteiger partial charge in [0, 0.05) is 30.4 Å². The lowest BCUT2D eigenvalue weighted by Gasteiger charge is -2.21. The zero-order valence-corrected chi connectivity index (χ0v) is 17.3. The van der Waals surface area contributed by atoms with Crippen molar-refractivity contribution in [1.29, 1.82) is 0 Å². The van der Waals surface area contributed by atoms with Gasteiger partial charge in [0.05, 0.1) is 19.4 Å². The second-order valence-corrected chi connectivity index (χ2v) is 7.98. The number of aromatic nitrogens is 3. The first-order valence-corrected chi connectivity index (χ1v) is 9.34. The van der Waals surface area contributed by atoms with Gasteiger partial charge < -0.3 is 14.3 Å². The molecule has 0 radical (unpaired) electrons. The van der Waals surface area contributed by atoms with Crippen molar-refractivity contribution >= 4 is 5.97 Å². The van der Waals surface area contributed by atoms with Crippen molar-refractivity contribution in [1.82, 2.24) is 15.2 Å². The molecule has 0 fully saturated rings. The van der Waals surface area contributed by atoms with Crippen LogP contribution in [0.25, 0.3) is 11.1 Å². The molecule has 3 aromatic rings. The van der Waals surface area contributed by atoms with Crippen molar-refractivity contribution in [3.8, 4) is 16.9 Å². The Morgan fingerprint density at radius 2 is 1.97 bits per heavy atom. The van der Waals surface area contributed by atoms with Crippen molar-refractivity contribution in [3.63, 3.8) is 0 Å². The van der Waals surface area contributed by atoms with E-state index in [9.17, 15) is 9.90 Å². The van der Waals surface area contributed by atoms with E-state index >= 15 is 0 Å². The molecule has 1 aromatic carbocycles. The molecule has 1 unspecified atom stereocenters. The van der Waals surface area contributed by atoms with E-state index in [1.807, 2.05) is 18.2 Å². The number of rotatable bonds is 6. The Balaban J connectivity index is 2.10. The highest BCUT2D eigenvalue weighted by molar-refractivity contribution is 5.72. The number of aliphatic carboxylic acids is 1. The molecule has 7 nitrogen and oxygen atoms in total. The number of hydrogen-bond acceptors (Lipinski definition) is 6. The van der Waals surface area contributed by atoms with E-state index in [0.717, 1.165) is 22.4 Å². The van der Waals surface area contributed by atoms with E-state index in [4.69, 9.17) is 9.15 Å². The summed E-state index contributed by atoms with van der Waals surface area (Å²) in [6.45, 7) is 8.11. The lowest BCUT2D eigenvalue weighted by atomic mass is 9.85. The predicted molar refractivity (Wildman–Crippen MR) is 108 cm³/mol. The Morgan fingerprint density at radius 3 is 2.55 bits per heavy atom. The average molecular weight is 395 g/mol. The maximum Gasteiger partial charge on any atom is 0.304 e. The van der Waals surface area contributed by atoms with Crippen LogP contribution in [-0.4, -0.2) is 33.4 Å². The first kappa shape index (κ1) is 20.5. The molecule has 7 heteroatoms. The molecule has 0 amide bonds. The number of carboxylic acids is 1. The number of pyridine rings is 1. The fourth-order valence-corrected chi connectivity index (χ4v) is 3.17. The fraction of sp³-hybridized carbons (Fsp3) is 0.364. The third kappa shape index (κ3) is 4.62. The molecule has 0 spiro atoms. The molecule has 29 heavy (non-hydrogen) atoms. The van der Waals surface area contributed by atoms with Crippen molar-refractivity contribution in [2.75, 3.05) is 7.11 Å². The van der Waals surface area contributed by atoms with Crippen LogP contribution < -0.4 is 4.74 Å². The van der Waals surface area contributed by atoms with Crippen LogP contribution in [0.4, 0.5) is 0 Å². The number of nitrogens with zero attached hydrogens (tertiary/aromatic N) is 3. The van der Waals surface area contributed by atoms with E-state index in [1.165, 1.54) is 0 Å². The maximum atomic E-state index is 11.4. The van der Waals surface area contributed by atoms with Gasteiger partial charge in [0.1, 0.15) is 5.75 Å². The van der Waals surface area contributed by atoms with Crippen molar-refractivity contribution in [3.05, 3.63) is 59.6 Å². The van der Waals surface area contributed by atoms with Gasteiger partial charge in [-0.1, -0.05) is 26.8 Å². The fourth-order valence-electron chi connectivity index (χ4n) is 3.17. The normalized spacial score (nSPS) is 12.6. The van der Waals surface area contributed by atoms with Crippen LogP contribution in [0.3, 0.4) is 0 Å². The van der Waals surface area contributed by atoms with Crippen LogP contribution in [0, 0.1) is 6.92 Å². The van der Waals surface area contributed by atoms with Crippen LogP contribution in [-0.2, 0) is 10.2 Å². The Morgan fingerprint density at radius 1 is 1.21 bits per heavy atom. The van der Waals surface area contributed by atoms with Gasteiger partial charge in [-0.3, -0.25) is 9.78 Å². The molecule has 1 N–H and O–H groups in total. The van der Waals surface area contributed by atoms with Gasteiger partial charge in [0.2, 0.25) is 11.8 Å². The molecule has 0 aliphatic rings. The summed E-state index contributed by atoms with van der Waals surface area (Å²) in [5, 5.41) is 17.2. The van der Waals surface area contributed by atoms with Gasteiger partial charge in [0.25, 0.3) is 0 Å². The highest BCUT2D eigenvalue weighted by atomic mass is 16.5. The minimum absolute atomic E-state index is 0.0286. The second-order valence-electron chi connectivity index (χ2n) is 7.98. The SMILES string of the molecule is COc1ccc(C(C)(C)C)cc1-c1cncc(C(CC(=O)O)c2nnc(C)o2)c1. The minimum Gasteiger partial charge on any atom is -0.496 e. The molecule has 152 valence electrons. The number of aryl methyl sites for hydroxylation is 1. The van der Waals surface area contributed by atoms with Crippen molar-refractivity contribution in [2.45, 2.75) is 45.4 Å². The summed E-state index contributed by atoms with van der Waals surface area (Å²) in [6.07, 6.45) is 3.20. The Bertz CT molecular complexity index is 1020. The number of carboxylic acid groups (broad SMARTS) is 1. The highest BCUT2D eigenvalue weighted by Gasteiger charge is 2.25. The molecule has 0 bridgehead atoms. The average Bonchev–Trinajstić information content (AvgIpc) is 3.11. The molecule has 1 atom stereocenters. The molecular weight excluding hydrogens is 370 g/mol. The van der Waals surface area contributed by atoms with Gasteiger partial charge in [-0.25, -0.2) is 0 Å². The summed E-state index contributed by atoms with van der Waals surface area (Å²) >= 11 is 0. The number of methoxy groups -OCH3 is 1. The molecule has 0 aliphatic heterocycles. The summed E-state index contributed by atoms with van der Waals surface area (Å²) in [6, 6.07) is 7.99. The monoisotopic (exact) mass is 395 g/mol. The smallest absolute Gasteiger partial charge is 0.304 e. The van der Waals surface area contributed by atoms with Gasteiger partial charge in [-0.15, -0.1) is 10.2 Å². The van der Waals surface area contributed by atoms with Gasteiger partial charge in [-0.05, 0) is 34.7 Å². The maximum absolute atomic E-state index is 11.4. The van der Waals surface area contributed by atoms with Crippen LogP contribution >= 0.6 is 0 Å². The van der Waals surface area contributed by atoms with Crippen LogP contribution in [0.2, 0.25) is 0 Å². The molecule has 0 saturated carbocycles. The van der Waals surface area contributed by atoms with Crippen molar-refractivity contribution in [2.24, 2.45) is 0 Å². The standard InChI is InChI=1S/C22H25N3O4/c1-13-24-25-21(29-13)18(10-20(26)27)15-8-14(11-23-12-15)17-9-16(22(2,3)4)6-7-19(17)28-5/h6-9,11-12,18H,10H2,1-5H3,(H,26,27). The third-order valence-corrected chi connectivity index (χ3v) is 4.76. The summed E-state index contributed by atoms with van der Waals surface area (Å²) in [5.74, 6) is -0.166. The number of ether oxygens (including phenoxy) is 1. The molecule has 2 heterocycles. The highest BCUT2D eigenvalue weighted by Crippen LogP contribution is 2.36. The molecule has 0 saturated heterocycles. The Hall–Kier alpha value is -3.22. The first-order chi connectivity index (χ1) is 13.7. The topological polar surface area (TPSA) is 98.3 Å². The van der Waals surface area contributed by atoms with Gasteiger partial charge in [-0.2, -0.15) is 0 Å². The summed E-state index contributed by atoms with van der Waals surface area (Å²) < 4.78 is 11.1. The molecule has 0 aliphatic carbocycles. The number of hydrogen-bond donors (Lipinski definition) is 1. The summed E-state index contributed by atoms with van der Waals surface area (Å²) in [4.78, 5) is 15.8. The first-order valence-electron chi connectivity index (χ1n) is 9.34. The van der Waals surface area contributed by atoms with E-state index in [-0.39, 0.29) is 17.7 Å². The Kier molecular flexibility index (Phi) is 5.68. The Labute approximate surface area is 169 Å². The number of benzene rings is 1. The molecule has 2 aromatic heterocycles. The lowest BCUT2D eigenvalue weighted by molar-refractivity contribution is -0.137. The quantitative estimate of drug-likeness (QED) is 0.662. The van der Waals surface area contributed by atoms with Crippen molar-refractivity contribution < 1.29 is 19.1 Å². The van der Waals surface area contributed by atoms with Gasteiger partial charge >= 0.3 is 5.97 Å². The molecular formula is C22H25N3O4. The van der Waals surface area contributed by atoms with E-state index in [1.54, 1.807) is 26.4 Å². The predicted octanol–water partition coefficient (Wildman–Crippen LogP) is 4.35. The summed E-state index contributed by atoms with van der Waals surface area (Å²) in [5.41, 5.74) is 3.55. The van der Waals surface area contributed by atoms with Crippen LogP contribution in [0.15, 0.2) is 41.1 Å². The third-order valence-electron chi connectivity index (χ3n) is 4.76. The van der Waals surface area contributed by atoms with E-state index < -0.39 is 11.9 Å². The minimum atomic E-state index is -0.955.